The van der Waals surface area contributed by atoms with Gasteiger partial charge in [-0.1, -0.05) is 29.3 Å². The Labute approximate surface area is 101 Å². The van der Waals surface area contributed by atoms with E-state index in [-0.39, 0.29) is 0 Å². The molecule has 0 aliphatic rings. The van der Waals surface area contributed by atoms with E-state index in [2.05, 4.69) is 48.1 Å². The molecule has 1 aromatic heterocycles. The Hall–Kier alpha value is -1.12. The van der Waals surface area contributed by atoms with Crippen molar-refractivity contribution in [2.45, 2.75) is 20.4 Å². The Balaban J connectivity index is 2.45. The van der Waals surface area contributed by atoms with E-state index in [0.29, 0.717) is 0 Å². The highest BCUT2D eigenvalue weighted by Crippen LogP contribution is 2.28. The van der Waals surface area contributed by atoms with Crippen molar-refractivity contribution in [3.8, 4) is 11.1 Å². The number of hydrogen-bond donors (Lipinski definition) is 1. The van der Waals surface area contributed by atoms with Gasteiger partial charge in [-0.2, -0.15) is 11.3 Å². The third-order valence-corrected chi connectivity index (χ3v) is 3.43. The van der Waals surface area contributed by atoms with Gasteiger partial charge in [-0.15, -0.1) is 0 Å². The summed E-state index contributed by atoms with van der Waals surface area (Å²) in [6.45, 7) is 5.24. The van der Waals surface area contributed by atoms with Crippen LogP contribution in [0.5, 0.6) is 0 Å². The molecule has 0 aliphatic carbocycles. The Morgan fingerprint density at radius 1 is 1.06 bits per heavy atom. The van der Waals surface area contributed by atoms with Crippen LogP contribution in [0.2, 0.25) is 0 Å². The molecule has 2 heteroatoms. The van der Waals surface area contributed by atoms with E-state index in [0.717, 1.165) is 6.54 Å². The maximum Gasteiger partial charge on any atom is 0.0216 e. The van der Waals surface area contributed by atoms with Gasteiger partial charge in [0.2, 0.25) is 0 Å². The number of rotatable bonds is 3. The minimum atomic E-state index is 0.936. The maximum atomic E-state index is 3.22. The van der Waals surface area contributed by atoms with Crippen molar-refractivity contribution in [3.05, 3.63) is 45.6 Å². The Kier molecular flexibility index (Phi) is 3.42. The Morgan fingerprint density at radius 3 is 2.38 bits per heavy atom. The summed E-state index contributed by atoms with van der Waals surface area (Å²) in [5.74, 6) is 0. The highest BCUT2D eigenvalue weighted by Gasteiger charge is 2.06. The summed E-state index contributed by atoms with van der Waals surface area (Å²) >= 11 is 1.77. The second-order valence-electron chi connectivity index (χ2n) is 4.22. The number of benzene rings is 1. The van der Waals surface area contributed by atoms with Crippen LogP contribution in [0, 0.1) is 13.8 Å². The van der Waals surface area contributed by atoms with Crippen molar-refractivity contribution in [1.29, 1.82) is 0 Å². The topological polar surface area (TPSA) is 12.0 Å². The van der Waals surface area contributed by atoms with Crippen LogP contribution in [0.3, 0.4) is 0 Å². The summed E-state index contributed by atoms with van der Waals surface area (Å²) in [6.07, 6.45) is 0. The SMILES string of the molecule is CNCc1cscc1-c1cc(C)cc(C)c1. The molecule has 0 bridgehead atoms. The molecule has 1 heterocycles. The number of hydrogen-bond acceptors (Lipinski definition) is 2. The molecule has 84 valence electrons. The lowest BCUT2D eigenvalue weighted by Crippen LogP contribution is -2.04. The van der Waals surface area contributed by atoms with Crippen LogP contribution < -0.4 is 5.32 Å². The minimum Gasteiger partial charge on any atom is -0.316 e. The fraction of sp³-hybridized carbons (Fsp3) is 0.286. The van der Waals surface area contributed by atoms with Crippen LogP contribution in [0.25, 0.3) is 11.1 Å². The smallest absolute Gasteiger partial charge is 0.0216 e. The molecule has 0 radical (unpaired) electrons. The van der Waals surface area contributed by atoms with Gasteiger partial charge in [-0.05, 0) is 48.3 Å². The van der Waals surface area contributed by atoms with E-state index in [1.54, 1.807) is 11.3 Å². The van der Waals surface area contributed by atoms with Gasteiger partial charge < -0.3 is 5.32 Å². The van der Waals surface area contributed by atoms with Crippen molar-refractivity contribution in [2.75, 3.05) is 7.05 Å². The standard InChI is InChI=1S/C14H17NS/c1-10-4-11(2)6-12(5-10)14-9-16-8-13(14)7-15-3/h4-6,8-9,15H,7H2,1-3H3. The summed E-state index contributed by atoms with van der Waals surface area (Å²) in [5.41, 5.74) is 6.75. The van der Waals surface area contributed by atoms with Gasteiger partial charge in [-0.3, -0.25) is 0 Å². The van der Waals surface area contributed by atoms with Crippen molar-refractivity contribution < 1.29 is 0 Å². The summed E-state index contributed by atoms with van der Waals surface area (Å²) in [7, 11) is 1.99. The number of nitrogens with one attached hydrogen (secondary N) is 1. The fourth-order valence-electron chi connectivity index (χ4n) is 2.03. The van der Waals surface area contributed by atoms with E-state index >= 15 is 0 Å². The Bertz CT molecular complexity index is 465. The lowest BCUT2D eigenvalue weighted by Gasteiger charge is -2.06. The van der Waals surface area contributed by atoms with Crippen molar-refractivity contribution >= 4 is 11.3 Å². The van der Waals surface area contributed by atoms with E-state index in [4.69, 9.17) is 0 Å². The predicted molar refractivity (Wildman–Crippen MR) is 72.0 cm³/mol. The molecule has 0 unspecified atom stereocenters. The van der Waals surface area contributed by atoms with Gasteiger partial charge in [0.05, 0.1) is 0 Å². The third-order valence-electron chi connectivity index (χ3n) is 2.64. The monoisotopic (exact) mass is 231 g/mol. The molecular weight excluding hydrogens is 214 g/mol. The molecule has 16 heavy (non-hydrogen) atoms. The van der Waals surface area contributed by atoms with Crippen LogP contribution in [0.15, 0.2) is 29.0 Å². The first-order valence-electron chi connectivity index (χ1n) is 5.49. The largest absolute Gasteiger partial charge is 0.316 e. The van der Waals surface area contributed by atoms with E-state index in [1.165, 1.54) is 27.8 Å². The van der Waals surface area contributed by atoms with Crippen LogP contribution in [0.4, 0.5) is 0 Å². The minimum absolute atomic E-state index is 0.936. The summed E-state index contributed by atoms with van der Waals surface area (Å²) in [4.78, 5) is 0. The molecule has 0 amide bonds. The van der Waals surface area contributed by atoms with E-state index < -0.39 is 0 Å². The fourth-order valence-corrected chi connectivity index (χ4v) is 2.90. The number of aryl methyl sites for hydroxylation is 2. The molecule has 1 aromatic carbocycles. The maximum absolute atomic E-state index is 3.22. The first-order valence-corrected chi connectivity index (χ1v) is 6.43. The zero-order valence-corrected chi connectivity index (χ0v) is 10.8. The van der Waals surface area contributed by atoms with Gasteiger partial charge >= 0.3 is 0 Å². The van der Waals surface area contributed by atoms with Gasteiger partial charge in [0, 0.05) is 6.54 Å². The summed E-state index contributed by atoms with van der Waals surface area (Å²) < 4.78 is 0. The highest BCUT2D eigenvalue weighted by molar-refractivity contribution is 7.08. The van der Waals surface area contributed by atoms with Gasteiger partial charge in [-0.25, -0.2) is 0 Å². The highest BCUT2D eigenvalue weighted by atomic mass is 32.1. The molecule has 0 spiro atoms. The molecule has 2 aromatic rings. The van der Waals surface area contributed by atoms with Gasteiger partial charge in [0.25, 0.3) is 0 Å². The average molecular weight is 231 g/mol. The third kappa shape index (κ3) is 2.34. The molecule has 0 saturated carbocycles. The molecular formula is C14H17NS. The second kappa shape index (κ2) is 4.81. The van der Waals surface area contributed by atoms with Crippen LogP contribution in [-0.4, -0.2) is 7.05 Å². The van der Waals surface area contributed by atoms with Gasteiger partial charge in [0.15, 0.2) is 0 Å². The molecule has 0 atom stereocenters. The van der Waals surface area contributed by atoms with E-state index in [1.807, 2.05) is 7.05 Å². The molecule has 2 rings (SSSR count). The molecule has 0 aliphatic heterocycles. The van der Waals surface area contributed by atoms with Crippen LogP contribution in [0.1, 0.15) is 16.7 Å². The zero-order chi connectivity index (χ0) is 11.5. The lowest BCUT2D eigenvalue weighted by atomic mass is 10.00. The first-order chi connectivity index (χ1) is 7.70. The molecule has 1 N–H and O–H groups in total. The second-order valence-corrected chi connectivity index (χ2v) is 4.96. The molecule has 1 nitrogen and oxygen atoms in total. The number of thiophene rings is 1. The normalized spacial score (nSPS) is 10.7. The lowest BCUT2D eigenvalue weighted by molar-refractivity contribution is 0.822. The zero-order valence-electron chi connectivity index (χ0n) is 10.0. The van der Waals surface area contributed by atoms with Crippen LogP contribution in [-0.2, 0) is 6.54 Å². The molecule has 0 fully saturated rings. The van der Waals surface area contributed by atoms with Gasteiger partial charge in [0.1, 0.15) is 0 Å². The molecule has 0 saturated heterocycles. The van der Waals surface area contributed by atoms with E-state index in [9.17, 15) is 0 Å². The van der Waals surface area contributed by atoms with Crippen molar-refractivity contribution in [3.63, 3.8) is 0 Å². The summed E-state index contributed by atoms with van der Waals surface area (Å²) in [6, 6.07) is 6.73. The van der Waals surface area contributed by atoms with Crippen molar-refractivity contribution in [1.82, 2.24) is 5.32 Å². The Morgan fingerprint density at radius 2 is 1.75 bits per heavy atom. The van der Waals surface area contributed by atoms with Crippen molar-refractivity contribution in [2.24, 2.45) is 0 Å². The average Bonchev–Trinajstić information content (AvgIpc) is 2.65. The quantitative estimate of drug-likeness (QED) is 0.848. The summed E-state index contributed by atoms with van der Waals surface area (Å²) in [5, 5.41) is 7.68. The first kappa shape index (κ1) is 11.4. The van der Waals surface area contributed by atoms with Crippen LogP contribution >= 0.6 is 11.3 Å². The predicted octanol–water partition coefficient (Wildman–Crippen LogP) is 3.75.